The molecular formula is C13H17NO2S. The first kappa shape index (κ1) is 12.3. The van der Waals surface area contributed by atoms with Gasteiger partial charge in [-0.3, -0.25) is 0 Å². The molecule has 2 rings (SSSR count). The van der Waals surface area contributed by atoms with Crippen LogP contribution in [0.25, 0.3) is 6.08 Å². The molecule has 0 radical (unpaired) electrons. The molecule has 0 aromatic heterocycles. The van der Waals surface area contributed by atoms with E-state index < -0.39 is 10.0 Å². The molecule has 1 atom stereocenters. The minimum Gasteiger partial charge on any atom is -0.207 e. The van der Waals surface area contributed by atoms with Crippen molar-refractivity contribution in [3.8, 4) is 0 Å². The Morgan fingerprint density at radius 1 is 1.35 bits per heavy atom. The highest BCUT2D eigenvalue weighted by Crippen LogP contribution is 2.25. The Morgan fingerprint density at radius 2 is 2.00 bits per heavy atom. The van der Waals surface area contributed by atoms with Crippen molar-refractivity contribution in [2.24, 2.45) is 0 Å². The van der Waals surface area contributed by atoms with E-state index in [0.29, 0.717) is 11.4 Å². The average molecular weight is 251 g/mol. The second-order valence-electron chi connectivity index (χ2n) is 4.38. The number of sulfonamides is 1. The van der Waals surface area contributed by atoms with Gasteiger partial charge in [0.25, 0.3) is 0 Å². The third kappa shape index (κ3) is 2.28. The molecule has 1 aliphatic heterocycles. The third-order valence-electron chi connectivity index (χ3n) is 3.21. The Kier molecular flexibility index (Phi) is 3.35. The van der Waals surface area contributed by atoms with Crippen LogP contribution in [-0.4, -0.2) is 25.3 Å². The second-order valence-corrected chi connectivity index (χ2v) is 6.27. The maximum atomic E-state index is 12.3. The van der Waals surface area contributed by atoms with E-state index in [4.69, 9.17) is 0 Å². The van der Waals surface area contributed by atoms with Gasteiger partial charge in [-0.05, 0) is 37.5 Å². The van der Waals surface area contributed by atoms with Gasteiger partial charge in [-0.25, -0.2) is 8.42 Å². The van der Waals surface area contributed by atoms with Crippen LogP contribution in [0.15, 0.2) is 35.7 Å². The van der Waals surface area contributed by atoms with Gasteiger partial charge in [-0.1, -0.05) is 24.8 Å². The van der Waals surface area contributed by atoms with Crippen LogP contribution in [0.4, 0.5) is 0 Å². The first-order valence-electron chi connectivity index (χ1n) is 5.80. The lowest BCUT2D eigenvalue weighted by molar-refractivity contribution is 0.408. The molecule has 1 fully saturated rings. The predicted molar refractivity (Wildman–Crippen MR) is 69.1 cm³/mol. The van der Waals surface area contributed by atoms with Crippen LogP contribution in [0.5, 0.6) is 0 Å². The molecule has 0 saturated carbocycles. The SMILES string of the molecule is C=Cc1ccc(S(=O)(=O)N2CCC[C@H]2C)cc1. The van der Waals surface area contributed by atoms with E-state index >= 15 is 0 Å². The average Bonchev–Trinajstić information content (AvgIpc) is 2.76. The summed E-state index contributed by atoms with van der Waals surface area (Å²) in [6.45, 7) is 6.25. The van der Waals surface area contributed by atoms with Crippen molar-refractivity contribution in [3.05, 3.63) is 36.4 Å². The van der Waals surface area contributed by atoms with E-state index in [0.717, 1.165) is 18.4 Å². The number of hydrogen-bond acceptors (Lipinski definition) is 2. The second kappa shape index (κ2) is 4.63. The van der Waals surface area contributed by atoms with Crippen molar-refractivity contribution >= 4 is 16.1 Å². The molecular weight excluding hydrogens is 234 g/mol. The number of benzene rings is 1. The van der Waals surface area contributed by atoms with Crippen molar-refractivity contribution in [1.82, 2.24) is 4.31 Å². The highest BCUT2D eigenvalue weighted by atomic mass is 32.2. The first-order chi connectivity index (χ1) is 8.05. The van der Waals surface area contributed by atoms with Gasteiger partial charge in [0.15, 0.2) is 0 Å². The summed E-state index contributed by atoms with van der Waals surface area (Å²) >= 11 is 0. The lowest BCUT2D eigenvalue weighted by atomic mass is 10.2. The lowest BCUT2D eigenvalue weighted by Gasteiger charge is -2.20. The van der Waals surface area contributed by atoms with E-state index in [1.165, 1.54) is 0 Å². The molecule has 92 valence electrons. The van der Waals surface area contributed by atoms with E-state index in [2.05, 4.69) is 6.58 Å². The van der Waals surface area contributed by atoms with Crippen molar-refractivity contribution in [1.29, 1.82) is 0 Å². The minimum atomic E-state index is -3.31. The standard InChI is InChI=1S/C13H17NO2S/c1-3-12-6-8-13(9-7-12)17(15,16)14-10-4-5-11(14)2/h3,6-9,11H,1,4-5,10H2,2H3/t11-/m1/s1. The summed E-state index contributed by atoms with van der Waals surface area (Å²) in [6, 6.07) is 6.97. The Balaban J connectivity index is 2.34. The van der Waals surface area contributed by atoms with Gasteiger partial charge in [-0.15, -0.1) is 0 Å². The summed E-state index contributed by atoms with van der Waals surface area (Å²) < 4.78 is 26.3. The molecule has 1 aromatic carbocycles. The van der Waals surface area contributed by atoms with Crippen molar-refractivity contribution in [2.75, 3.05) is 6.54 Å². The number of rotatable bonds is 3. The zero-order chi connectivity index (χ0) is 12.5. The summed E-state index contributed by atoms with van der Waals surface area (Å²) in [5, 5.41) is 0. The quantitative estimate of drug-likeness (QED) is 0.827. The molecule has 0 spiro atoms. The lowest BCUT2D eigenvalue weighted by Crippen LogP contribution is -2.33. The van der Waals surface area contributed by atoms with E-state index in [9.17, 15) is 8.42 Å². The van der Waals surface area contributed by atoms with Crippen molar-refractivity contribution < 1.29 is 8.42 Å². The monoisotopic (exact) mass is 251 g/mol. The summed E-state index contributed by atoms with van der Waals surface area (Å²) in [6.07, 6.45) is 3.60. The Labute approximate surface area is 103 Å². The molecule has 3 nitrogen and oxygen atoms in total. The van der Waals surface area contributed by atoms with E-state index in [1.807, 2.05) is 6.92 Å². The van der Waals surface area contributed by atoms with Crippen molar-refractivity contribution in [3.63, 3.8) is 0 Å². The van der Waals surface area contributed by atoms with Gasteiger partial charge in [-0.2, -0.15) is 4.31 Å². The van der Waals surface area contributed by atoms with Crippen LogP contribution in [0.1, 0.15) is 25.3 Å². The number of hydrogen-bond donors (Lipinski definition) is 0. The predicted octanol–water partition coefficient (Wildman–Crippen LogP) is 2.50. The largest absolute Gasteiger partial charge is 0.243 e. The van der Waals surface area contributed by atoms with Gasteiger partial charge in [0, 0.05) is 12.6 Å². The van der Waals surface area contributed by atoms with Crippen LogP contribution in [0.2, 0.25) is 0 Å². The van der Waals surface area contributed by atoms with Crippen LogP contribution in [0, 0.1) is 0 Å². The molecule has 0 bridgehead atoms. The van der Waals surface area contributed by atoms with Gasteiger partial charge in [0.1, 0.15) is 0 Å². The van der Waals surface area contributed by atoms with Crippen molar-refractivity contribution in [2.45, 2.75) is 30.7 Å². The Bertz CT molecular complexity index is 505. The smallest absolute Gasteiger partial charge is 0.207 e. The normalized spacial score (nSPS) is 21.6. The maximum absolute atomic E-state index is 12.3. The van der Waals surface area contributed by atoms with Crippen LogP contribution in [0.3, 0.4) is 0 Å². The fourth-order valence-electron chi connectivity index (χ4n) is 2.18. The molecule has 1 aliphatic rings. The van der Waals surface area contributed by atoms with Crippen LogP contribution >= 0.6 is 0 Å². The Morgan fingerprint density at radius 3 is 2.47 bits per heavy atom. The summed E-state index contributed by atoms with van der Waals surface area (Å²) in [7, 11) is -3.31. The minimum absolute atomic E-state index is 0.110. The fraction of sp³-hybridized carbons (Fsp3) is 0.385. The zero-order valence-corrected chi connectivity index (χ0v) is 10.8. The van der Waals surface area contributed by atoms with E-state index in [1.54, 1.807) is 34.6 Å². The van der Waals surface area contributed by atoms with Gasteiger partial charge in [0.2, 0.25) is 10.0 Å². The molecule has 1 saturated heterocycles. The first-order valence-corrected chi connectivity index (χ1v) is 7.24. The molecule has 1 heterocycles. The molecule has 17 heavy (non-hydrogen) atoms. The molecule has 1 aromatic rings. The molecule has 0 amide bonds. The highest BCUT2D eigenvalue weighted by Gasteiger charge is 2.32. The van der Waals surface area contributed by atoms with Crippen LogP contribution < -0.4 is 0 Å². The molecule has 4 heteroatoms. The van der Waals surface area contributed by atoms with Gasteiger partial charge >= 0.3 is 0 Å². The highest BCUT2D eigenvalue weighted by molar-refractivity contribution is 7.89. The molecule has 0 N–H and O–H groups in total. The molecule has 0 unspecified atom stereocenters. The summed E-state index contributed by atoms with van der Waals surface area (Å²) in [5.74, 6) is 0. The summed E-state index contributed by atoms with van der Waals surface area (Å²) in [5.41, 5.74) is 0.929. The molecule has 0 aliphatic carbocycles. The third-order valence-corrected chi connectivity index (χ3v) is 5.24. The zero-order valence-electron chi connectivity index (χ0n) is 9.96. The number of nitrogens with zero attached hydrogens (tertiary/aromatic N) is 1. The van der Waals surface area contributed by atoms with Gasteiger partial charge < -0.3 is 0 Å². The fourth-order valence-corrected chi connectivity index (χ4v) is 3.87. The summed E-state index contributed by atoms with van der Waals surface area (Å²) in [4.78, 5) is 0.372. The van der Waals surface area contributed by atoms with Crippen LogP contribution in [-0.2, 0) is 10.0 Å². The van der Waals surface area contributed by atoms with Gasteiger partial charge in [0.05, 0.1) is 4.90 Å². The Hall–Kier alpha value is -1.13. The van der Waals surface area contributed by atoms with E-state index in [-0.39, 0.29) is 6.04 Å². The maximum Gasteiger partial charge on any atom is 0.243 e. The topological polar surface area (TPSA) is 37.4 Å².